The average molecular weight is 496 g/mol. The summed E-state index contributed by atoms with van der Waals surface area (Å²) in [5.74, 6) is 0.505. The van der Waals surface area contributed by atoms with E-state index in [1.54, 1.807) is 24.5 Å². The van der Waals surface area contributed by atoms with Gasteiger partial charge in [0.25, 0.3) is 0 Å². The number of nitrogens with two attached hydrogens (primary N) is 1. The number of aromatic nitrogens is 2. The molecule has 1 aliphatic carbocycles. The molecule has 1 aliphatic rings. The van der Waals surface area contributed by atoms with Crippen molar-refractivity contribution in [2.24, 2.45) is 5.73 Å². The molecule has 0 saturated carbocycles. The van der Waals surface area contributed by atoms with Gasteiger partial charge in [-0.15, -0.1) is 0 Å². The van der Waals surface area contributed by atoms with Crippen molar-refractivity contribution in [3.8, 4) is 0 Å². The number of halogens is 2. The maximum Gasteiger partial charge on any atom is 0.226 e. The summed E-state index contributed by atoms with van der Waals surface area (Å²) in [5, 5.41) is 14.1. The lowest BCUT2D eigenvalue weighted by atomic mass is 9.98. The molecule has 1 unspecified atom stereocenters. The Balaban J connectivity index is 0.000000234. The van der Waals surface area contributed by atoms with Crippen molar-refractivity contribution >= 4 is 34.9 Å². The van der Waals surface area contributed by atoms with Crippen molar-refractivity contribution in [2.45, 2.75) is 65.0 Å². The maximum atomic E-state index is 11.4. The SMILES string of the molecule is CC(C)NCC(C(N)=O)c1ccc(Cl)cc1Cl.CCN(CC)c1ncnc2c1[C@H](C)C[C@H]2O. The van der Waals surface area contributed by atoms with E-state index < -0.39 is 17.9 Å². The fourth-order valence-corrected chi connectivity index (χ4v) is 4.52. The Hall–Kier alpha value is -1.93. The van der Waals surface area contributed by atoms with E-state index in [2.05, 4.69) is 41.0 Å². The number of benzene rings is 1. The van der Waals surface area contributed by atoms with Gasteiger partial charge in [-0.05, 0) is 43.9 Å². The molecule has 182 valence electrons. The van der Waals surface area contributed by atoms with Crippen LogP contribution in [0.4, 0.5) is 5.82 Å². The third-order valence-corrected chi connectivity index (χ3v) is 6.32. The Bertz CT molecular complexity index is 937. The van der Waals surface area contributed by atoms with Gasteiger partial charge < -0.3 is 21.1 Å². The van der Waals surface area contributed by atoms with Gasteiger partial charge in [-0.2, -0.15) is 0 Å². The number of aliphatic hydroxyl groups is 1. The molecule has 9 heteroatoms. The Morgan fingerprint density at radius 2 is 1.94 bits per heavy atom. The summed E-state index contributed by atoms with van der Waals surface area (Å²) >= 11 is 11.9. The van der Waals surface area contributed by atoms with Gasteiger partial charge in [0.1, 0.15) is 12.1 Å². The van der Waals surface area contributed by atoms with Crippen molar-refractivity contribution in [1.29, 1.82) is 0 Å². The number of nitrogens with zero attached hydrogens (tertiary/aromatic N) is 3. The van der Waals surface area contributed by atoms with Crippen LogP contribution >= 0.6 is 23.2 Å². The molecule has 3 rings (SSSR count). The minimum absolute atomic E-state index is 0.280. The number of carbonyl (C=O) groups is 1. The highest BCUT2D eigenvalue weighted by atomic mass is 35.5. The number of hydrogen-bond donors (Lipinski definition) is 3. The van der Waals surface area contributed by atoms with Gasteiger partial charge in [0.05, 0.1) is 17.7 Å². The van der Waals surface area contributed by atoms with Gasteiger partial charge in [0, 0.05) is 41.3 Å². The van der Waals surface area contributed by atoms with Crippen LogP contribution in [0.25, 0.3) is 0 Å². The van der Waals surface area contributed by atoms with Crippen LogP contribution in [0, 0.1) is 0 Å². The Morgan fingerprint density at radius 1 is 1.27 bits per heavy atom. The zero-order chi connectivity index (χ0) is 24.7. The van der Waals surface area contributed by atoms with E-state index in [9.17, 15) is 9.90 Å². The topological polar surface area (TPSA) is 104 Å². The van der Waals surface area contributed by atoms with Crippen LogP contribution in [0.2, 0.25) is 10.0 Å². The van der Waals surface area contributed by atoms with E-state index in [-0.39, 0.29) is 6.04 Å². The summed E-state index contributed by atoms with van der Waals surface area (Å²) in [6, 6.07) is 5.34. The Labute approximate surface area is 206 Å². The minimum Gasteiger partial charge on any atom is -0.387 e. The number of rotatable bonds is 8. The van der Waals surface area contributed by atoms with Gasteiger partial charge in [-0.25, -0.2) is 9.97 Å². The number of aliphatic hydroxyl groups excluding tert-OH is 1. The highest BCUT2D eigenvalue weighted by Crippen LogP contribution is 2.42. The van der Waals surface area contributed by atoms with Crippen LogP contribution in [0.3, 0.4) is 0 Å². The number of primary amides is 1. The van der Waals surface area contributed by atoms with Crippen molar-refractivity contribution in [3.63, 3.8) is 0 Å². The second-order valence-corrected chi connectivity index (χ2v) is 9.35. The first-order valence-corrected chi connectivity index (χ1v) is 12.1. The molecule has 0 spiro atoms. The fraction of sp³-hybridized carbons (Fsp3) is 0.542. The summed E-state index contributed by atoms with van der Waals surface area (Å²) in [4.78, 5) is 22.3. The van der Waals surface area contributed by atoms with E-state index in [1.807, 2.05) is 13.8 Å². The number of fused-ring (bicyclic) bond motifs is 1. The van der Waals surface area contributed by atoms with E-state index in [1.165, 1.54) is 0 Å². The lowest BCUT2D eigenvalue weighted by molar-refractivity contribution is -0.119. The third-order valence-electron chi connectivity index (χ3n) is 5.75. The maximum absolute atomic E-state index is 11.4. The van der Waals surface area contributed by atoms with Gasteiger partial charge >= 0.3 is 0 Å². The predicted octanol–water partition coefficient (Wildman–Crippen LogP) is 4.42. The van der Waals surface area contributed by atoms with Gasteiger partial charge in [-0.3, -0.25) is 4.79 Å². The van der Waals surface area contributed by atoms with Gasteiger partial charge in [0.2, 0.25) is 5.91 Å². The molecule has 4 N–H and O–H groups in total. The molecule has 0 fully saturated rings. The van der Waals surface area contributed by atoms with Crippen LogP contribution in [-0.4, -0.2) is 46.7 Å². The molecule has 0 bridgehead atoms. The first-order chi connectivity index (χ1) is 15.6. The number of nitrogens with one attached hydrogen (secondary N) is 1. The van der Waals surface area contributed by atoms with Crippen molar-refractivity contribution in [1.82, 2.24) is 15.3 Å². The number of hydrogen-bond acceptors (Lipinski definition) is 6. The second-order valence-electron chi connectivity index (χ2n) is 8.50. The molecule has 0 saturated heterocycles. The molecule has 2 aromatic rings. The number of carbonyl (C=O) groups excluding carboxylic acids is 1. The van der Waals surface area contributed by atoms with Crippen LogP contribution in [0.15, 0.2) is 24.5 Å². The normalized spacial score (nSPS) is 17.8. The summed E-state index contributed by atoms with van der Waals surface area (Å²) < 4.78 is 0. The van der Waals surface area contributed by atoms with Crippen molar-refractivity contribution < 1.29 is 9.90 Å². The third kappa shape index (κ3) is 7.03. The molecule has 1 heterocycles. The zero-order valence-electron chi connectivity index (χ0n) is 20.0. The Kier molecular flexibility index (Phi) is 10.4. The molecular weight excluding hydrogens is 461 g/mol. The highest BCUT2D eigenvalue weighted by Gasteiger charge is 2.32. The average Bonchev–Trinajstić information content (AvgIpc) is 3.05. The molecule has 0 aliphatic heterocycles. The van der Waals surface area contributed by atoms with Crippen LogP contribution < -0.4 is 16.0 Å². The minimum atomic E-state index is -0.442. The molecule has 33 heavy (non-hydrogen) atoms. The molecule has 7 nitrogen and oxygen atoms in total. The Morgan fingerprint density at radius 3 is 2.48 bits per heavy atom. The summed E-state index contributed by atoms with van der Waals surface area (Å²) in [5.41, 5.74) is 8.06. The molecule has 0 radical (unpaired) electrons. The highest BCUT2D eigenvalue weighted by molar-refractivity contribution is 6.35. The fourth-order valence-electron chi connectivity index (χ4n) is 3.98. The molecular formula is C24H35Cl2N5O2. The van der Waals surface area contributed by atoms with Crippen molar-refractivity contribution in [3.05, 3.63) is 51.4 Å². The van der Waals surface area contributed by atoms with Crippen molar-refractivity contribution in [2.75, 3.05) is 24.5 Å². The van der Waals surface area contributed by atoms with Crippen LogP contribution in [-0.2, 0) is 4.79 Å². The van der Waals surface area contributed by atoms with Crippen LogP contribution in [0.1, 0.15) is 75.8 Å². The zero-order valence-corrected chi connectivity index (χ0v) is 21.5. The van der Waals surface area contributed by atoms with Crippen LogP contribution in [0.5, 0.6) is 0 Å². The molecule has 1 aromatic heterocycles. The molecule has 1 amide bonds. The number of anilines is 1. The lowest BCUT2D eigenvalue weighted by Gasteiger charge is -2.23. The van der Waals surface area contributed by atoms with E-state index in [0.717, 1.165) is 36.6 Å². The van der Waals surface area contributed by atoms with E-state index >= 15 is 0 Å². The van der Waals surface area contributed by atoms with Gasteiger partial charge in [0.15, 0.2) is 0 Å². The quantitative estimate of drug-likeness (QED) is 0.500. The first-order valence-electron chi connectivity index (χ1n) is 11.4. The molecule has 1 aromatic carbocycles. The standard InChI is InChI=1S/C12H16Cl2N2O.C12H19N3O/c1-7(2)16-6-10(12(15)17)9-4-3-8(13)5-11(9)14;1-4-15(5-2)12-10-8(3)6-9(16)11(10)13-7-14-12/h3-5,7,10,16H,6H2,1-2H3,(H2,15,17);7-9,16H,4-6H2,1-3H3/t;8-,9-/m.1/s1. The van der Waals surface area contributed by atoms with Gasteiger partial charge in [-0.1, -0.05) is 50.0 Å². The van der Waals surface area contributed by atoms with E-state index in [0.29, 0.717) is 28.1 Å². The number of amides is 1. The predicted molar refractivity (Wildman–Crippen MR) is 135 cm³/mol. The largest absolute Gasteiger partial charge is 0.387 e. The molecule has 3 atom stereocenters. The monoisotopic (exact) mass is 495 g/mol. The smallest absolute Gasteiger partial charge is 0.226 e. The summed E-state index contributed by atoms with van der Waals surface area (Å²) in [7, 11) is 0. The first kappa shape index (κ1) is 27.3. The summed E-state index contributed by atoms with van der Waals surface area (Å²) in [6.07, 6.45) is 1.91. The lowest BCUT2D eigenvalue weighted by Crippen LogP contribution is -2.34. The second kappa shape index (κ2) is 12.5. The summed E-state index contributed by atoms with van der Waals surface area (Å²) in [6.45, 7) is 12.7. The van der Waals surface area contributed by atoms with E-state index in [4.69, 9.17) is 28.9 Å².